The number of nitrogens with one attached hydrogen (secondary N) is 1. The fourth-order valence-corrected chi connectivity index (χ4v) is 3.30. The lowest BCUT2D eigenvalue weighted by molar-refractivity contribution is -0.152. The van der Waals surface area contributed by atoms with Gasteiger partial charge in [-0.25, -0.2) is 4.79 Å². The van der Waals surface area contributed by atoms with Crippen molar-refractivity contribution in [2.45, 2.75) is 65.5 Å². The number of rotatable bonds is 7. The summed E-state index contributed by atoms with van der Waals surface area (Å²) in [4.78, 5) is 24.0. The minimum absolute atomic E-state index is 0.236. The number of hydrogen-bond donors (Lipinski definition) is 2. The highest BCUT2D eigenvalue weighted by Crippen LogP contribution is 2.22. The minimum Gasteiger partial charge on any atom is -0.480 e. The van der Waals surface area contributed by atoms with Gasteiger partial charge in [-0.2, -0.15) is 5.10 Å². The van der Waals surface area contributed by atoms with Gasteiger partial charge in [0.1, 0.15) is 5.54 Å². The third kappa shape index (κ3) is 4.60. The van der Waals surface area contributed by atoms with Gasteiger partial charge in [0, 0.05) is 44.7 Å². The summed E-state index contributed by atoms with van der Waals surface area (Å²) in [5, 5.41) is 16.8. The van der Waals surface area contributed by atoms with E-state index in [2.05, 4.69) is 24.3 Å². The largest absolute Gasteiger partial charge is 0.480 e. The Balaban J connectivity index is 2.00. The van der Waals surface area contributed by atoms with Crippen LogP contribution >= 0.6 is 0 Å². The molecule has 2 N–H and O–H groups in total. The molecule has 1 aliphatic heterocycles. The van der Waals surface area contributed by atoms with E-state index in [1.165, 1.54) is 0 Å². The maximum absolute atomic E-state index is 12.4. The van der Waals surface area contributed by atoms with Crippen LogP contribution in [-0.2, 0) is 27.3 Å². The Morgan fingerprint density at radius 2 is 1.96 bits per heavy atom. The van der Waals surface area contributed by atoms with Crippen molar-refractivity contribution in [1.29, 1.82) is 0 Å². The van der Waals surface area contributed by atoms with E-state index in [0.717, 1.165) is 23.5 Å². The molecule has 1 saturated heterocycles. The molecule has 25 heavy (non-hydrogen) atoms. The van der Waals surface area contributed by atoms with Crippen molar-refractivity contribution in [3.8, 4) is 0 Å². The molecule has 0 bridgehead atoms. The summed E-state index contributed by atoms with van der Waals surface area (Å²) in [7, 11) is 0. The normalized spacial score (nSPS) is 16.8. The van der Waals surface area contributed by atoms with Crippen LogP contribution in [0.1, 0.15) is 50.1 Å². The molecule has 1 aliphatic rings. The van der Waals surface area contributed by atoms with Crippen LogP contribution in [0.4, 0.5) is 0 Å². The number of carbonyl (C=O) groups is 2. The summed E-state index contributed by atoms with van der Waals surface area (Å²) in [6.07, 6.45) is 1.43. The monoisotopic (exact) mass is 351 g/mol. The van der Waals surface area contributed by atoms with Crippen LogP contribution in [0.15, 0.2) is 0 Å². The van der Waals surface area contributed by atoms with Crippen molar-refractivity contribution in [1.82, 2.24) is 15.1 Å². The van der Waals surface area contributed by atoms with Crippen molar-refractivity contribution < 1.29 is 19.4 Å². The smallest absolute Gasteiger partial charge is 0.329 e. The number of aliphatic carboxylic acids is 1. The molecule has 0 atom stereocenters. The third-order valence-corrected chi connectivity index (χ3v) is 4.81. The molecule has 0 aliphatic carbocycles. The van der Waals surface area contributed by atoms with Gasteiger partial charge in [-0.05, 0) is 31.7 Å². The number of carbonyl (C=O) groups excluding carboxylic acids is 1. The summed E-state index contributed by atoms with van der Waals surface area (Å²) in [5.41, 5.74) is 1.90. The number of amides is 1. The number of carboxylic acid groups (broad SMARTS) is 1. The van der Waals surface area contributed by atoms with E-state index in [4.69, 9.17) is 4.74 Å². The molecule has 2 heterocycles. The summed E-state index contributed by atoms with van der Waals surface area (Å²) >= 11 is 0. The van der Waals surface area contributed by atoms with Gasteiger partial charge >= 0.3 is 5.97 Å². The van der Waals surface area contributed by atoms with E-state index in [1.54, 1.807) is 0 Å². The molecule has 140 valence electrons. The maximum Gasteiger partial charge on any atom is 0.329 e. The molecule has 0 saturated carbocycles. The highest BCUT2D eigenvalue weighted by Gasteiger charge is 2.41. The van der Waals surface area contributed by atoms with Crippen LogP contribution in [-0.4, -0.2) is 45.5 Å². The van der Waals surface area contributed by atoms with Crippen LogP contribution in [0.25, 0.3) is 0 Å². The Hall–Kier alpha value is -1.89. The topological polar surface area (TPSA) is 93.5 Å². The first-order chi connectivity index (χ1) is 11.7. The SMILES string of the molecule is Cc1nn(CC(C)C)c(C)c1CCC(=O)NC1(C(=O)O)CCOCC1. The van der Waals surface area contributed by atoms with Crippen LogP contribution in [0.3, 0.4) is 0 Å². The lowest BCUT2D eigenvalue weighted by Crippen LogP contribution is -2.57. The molecule has 1 aromatic rings. The van der Waals surface area contributed by atoms with Gasteiger partial charge in [0.15, 0.2) is 0 Å². The first-order valence-corrected chi connectivity index (χ1v) is 8.90. The second kappa shape index (κ2) is 7.99. The fourth-order valence-electron chi connectivity index (χ4n) is 3.30. The van der Waals surface area contributed by atoms with Crippen molar-refractivity contribution >= 4 is 11.9 Å². The van der Waals surface area contributed by atoms with Crippen LogP contribution in [0, 0.1) is 19.8 Å². The number of nitrogens with zero attached hydrogens (tertiary/aromatic N) is 2. The number of carboxylic acids is 1. The van der Waals surface area contributed by atoms with Gasteiger partial charge in [-0.3, -0.25) is 9.48 Å². The van der Waals surface area contributed by atoms with Crippen LogP contribution in [0.5, 0.6) is 0 Å². The Kier molecular flexibility index (Phi) is 6.21. The van der Waals surface area contributed by atoms with Gasteiger partial charge in [0.25, 0.3) is 0 Å². The maximum atomic E-state index is 12.4. The van der Waals surface area contributed by atoms with Gasteiger partial charge in [-0.1, -0.05) is 13.8 Å². The lowest BCUT2D eigenvalue weighted by Gasteiger charge is -2.33. The van der Waals surface area contributed by atoms with E-state index >= 15 is 0 Å². The summed E-state index contributed by atoms with van der Waals surface area (Å²) in [5.74, 6) is -0.723. The van der Waals surface area contributed by atoms with Crippen molar-refractivity contribution in [2.24, 2.45) is 5.92 Å². The molecule has 0 unspecified atom stereocenters. The number of hydrogen-bond acceptors (Lipinski definition) is 4. The molecule has 0 spiro atoms. The molecular weight excluding hydrogens is 322 g/mol. The zero-order chi connectivity index (χ0) is 18.6. The summed E-state index contributed by atoms with van der Waals surface area (Å²) in [6, 6.07) is 0. The van der Waals surface area contributed by atoms with Crippen LogP contribution in [0.2, 0.25) is 0 Å². The molecule has 7 heteroatoms. The first-order valence-electron chi connectivity index (χ1n) is 8.90. The average Bonchev–Trinajstić information content (AvgIpc) is 2.79. The first kappa shape index (κ1) is 19.4. The predicted molar refractivity (Wildman–Crippen MR) is 93.4 cm³/mol. The highest BCUT2D eigenvalue weighted by atomic mass is 16.5. The quantitative estimate of drug-likeness (QED) is 0.782. The summed E-state index contributed by atoms with van der Waals surface area (Å²) in [6.45, 7) is 9.81. The molecule has 2 rings (SSSR count). The van der Waals surface area contributed by atoms with Crippen molar-refractivity contribution in [3.63, 3.8) is 0 Å². The standard InChI is InChI=1S/C18H29N3O4/c1-12(2)11-21-14(4)15(13(3)20-21)5-6-16(22)19-18(17(23)24)7-9-25-10-8-18/h12H,5-11H2,1-4H3,(H,19,22)(H,23,24). The second-order valence-electron chi connectivity index (χ2n) is 7.27. The van der Waals surface area contributed by atoms with Crippen LogP contribution < -0.4 is 5.32 Å². The molecule has 0 radical (unpaired) electrons. The zero-order valence-corrected chi connectivity index (χ0v) is 15.6. The lowest BCUT2D eigenvalue weighted by atomic mass is 9.90. The van der Waals surface area contributed by atoms with Gasteiger partial charge in [-0.15, -0.1) is 0 Å². The molecule has 0 aromatic carbocycles. The Bertz CT molecular complexity index is 631. The van der Waals surface area contributed by atoms with E-state index in [1.807, 2.05) is 18.5 Å². The minimum atomic E-state index is -1.19. The number of aryl methyl sites for hydroxylation is 1. The van der Waals surface area contributed by atoms with Gasteiger partial charge in [0.05, 0.1) is 5.69 Å². The van der Waals surface area contributed by atoms with Gasteiger partial charge < -0.3 is 15.2 Å². The predicted octanol–water partition coefficient (Wildman–Crippen LogP) is 1.84. The molecular formula is C18H29N3O4. The zero-order valence-electron chi connectivity index (χ0n) is 15.6. The van der Waals surface area contributed by atoms with Crippen molar-refractivity contribution in [2.75, 3.05) is 13.2 Å². The molecule has 1 fully saturated rings. The average molecular weight is 351 g/mol. The van der Waals surface area contributed by atoms with Gasteiger partial charge in [0.2, 0.25) is 5.91 Å². The third-order valence-electron chi connectivity index (χ3n) is 4.81. The summed E-state index contributed by atoms with van der Waals surface area (Å²) < 4.78 is 7.22. The Morgan fingerprint density at radius 3 is 2.52 bits per heavy atom. The highest BCUT2D eigenvalue weighted by molar-refractivity contribution is 5.87. The Morgan fingerprint density at radius 1 is 1.32 bits per heavy atom. The fraction of sp³-hybridized carbons (Fsp3) is 0.722. The van der Waals surface area contributed by atoms with Crippen molar-refractivity contribution in [3.05, 3.63) is 17.0 Å². The van der Waals surface area contributed by atoms with E-state index in [9.17, 15) is 14.7 Å². The number of ether oxygens (including phenoxy) is 1. The second-order valence-corrected chi connectivity index (χ2v) is 7.27. The molecule has 1 aromatic heterocycles. The van der Waals surface area contributed by atoms with E-state index < -0.39 is 11.5 Å². The molecule has 7 nitrogen and oxygen atoms in total. The van der Waals surface area contributed by atoms with E-state index in [0.29, 0.717) is 38.4 Å². The Labute approximate surface area is 148 Å². The van der Waals surface area contributed by atoms with E-state index in [-0.39, 0.29) is 12.3 Å². The molecule has 1 amide bonds. The number of aromatic nitrogens is 2.